The van der Waals surface area contributed by atoms with Gasteiger partial charge in [-0.15, -0.1) is 0 Å². The number of hydrazine groups is 1. The number of furan rings is 1. The molecule has 19 heavy (non-hydrogen) atoms. The molecule has 0 unspecified atom stereocenters. The van der Waals surface area contributed by atoms with Gasteiger partial charge in [0.1, 0.15) is 5.76 Å². The van der Waals surface area contributed by atoms with Gasteiger partial charge in [0.25, 0.3) is 0 Å². The van der Waals surface area contributed by atoms with Gasteiger partial charge in [-0.1, -0.05) is 0 Å². The SMILES string of the molecule is Cc1oc(C(=O)NN)cc1CN1CCNC(=O)CC1. The first kappa shape index (κ1) is 13.6. The van der Waals surface area contributed by atoms with Crippen molar-refractivity contribution in [1.29, 1.82) is 0 Å². The molecule has 0 aromatic carbocycles. The zero-order valence-electron chi connectivity index (χ0n) is 10.9. The number of hydrogen-bond acceptors (Lipinski definition) is 5. The van der Waals surface area contributed by atoms with Crippen LogP contribution in [-0.2, 0) is 11.3 Å². The van der Waals surface area contributed by atoms with E-state index in [0.717, 1.165) is 12.1 Å². The van der Waals surface area contributed by atoms with Crippen molar-refractivity contribution in [2.75, 3.05) is 19.6 Å². The van der Waals surface area contributed by atoms with E-state index < -0.39 is 5.91 Å². The van der Waals surface area contributed by atoms with Crippen LogP contribution in [0.15, 0.2) is 10.5 Å². The van der Waals surface area contributed by atoms with Crippen LogP contribution in [0.2, 0.25) is 0 Å². The Morgan fingerprint density at radius 2 is 2.37 bits per heavy atom. The molecule has 1 aromatic rings. The summed E-state index contributed by atoms with van der Waals surface area (Å²) in [6, 6.07) is 1.69. The van der Waals surface area contributed by atoms with Crippen molar-refractivity contribution in [3.8, 4) is 0 Å². The van der Waals surface area contributed by atoms with E-state index >= 15 is 0 Å². The first-order valence-electron chi connectivity index (χ1n) is 6.19. The maximum atomic E-state index is 11.4. The zero-order chi connectivity index (χ0) is 13.8. The molecule has 2 heterocycles. The van der Waals surface area contributed by atoms with Gasteiger partial charge in [0.2, 0.25) is 5.91 Å². The second-order valence-corrected chi connectivity index (χ2v) is 4.54. The number of amides is 2. The Labute approximate surface area is 111 Å². The first-order valence-corrected chi connectivity index (χ1v) is 6.19. The van der Waals surface area contributed by atoms with Crippen molar-refractivity contribution < 1.29 is 14.0 Å². The van der Waals surface area contributed by atoms with Crippen molar-refractivity contribution in [2.45, 2.75) is 19.9 Å². The number of carbonyl (C=O) groups is 2. The van der Waals surface area contributed by atoms with Gasteiger partial charge < -0.3 is 9.73 Å². The van der Waals surface area contributed by atoms with Gasteiger partial charge in [-0.25, -0.2) is 5.84 Å². The largest absolute Gasteiger partial charge is 0.456 e. The summed E-state index contributed by atoms with van der Waals surface area (Å²) in [6.45, 7) is 4.60. The molecule has 1 aromatic heterocycles. The van der Waals surface area contributed by atoms with Crippen LogP contribution in [0.1, 0.15) is 28.3 Å². The third-order valence-corrected chi connectivity index (χ3v) is 3.17. The highest BCUT2D eigenvalue weighted by Gasteiger charge is 2.18. The molecule has 4 N–H and O–H groups in total. The fourth-order valence-corrected chi connectivity index (χ4v) is 2.07. The van der Waals surface area contributed by atoms with Crippen molar-refractivity contribution >= 4 is 11.8 Å². The molecule has 0 bridgehead atoms. The molecule has 0 aliphatic carbocycles. The number of nitrogens with one attached hydrogen (secondary N) is 2. The lowest BCUT2D eigenvalue weighted by molar-refractivity contribution is -0.120. The highest BCUT2D eigenvalue weighted by molar-refractivity contribution is 5.91. The van der Waals surface area contributed by atoms with Gasteiger partial charge >= 0.3 is 5.91 Å². The predicted octanol–water partition coefficient (Wildman–Crippen LogP) is -0.487. The van der Waals surface area contributed by atoms with Crippen LogP contribution in [0.3, 0.4) is 0 Å². The number of nitrogen functional groups attached to an aromatic ring is 1. The van der Waals surface area contributed by atoms with E-state index in [1.807, 2.05) is 12.3 Å². The molecule has 1 fully saturated rings. The average Bonchev–Trinajstić information content (AvgIpc) is 2.62. The summed E-state index contributed by atoms with van der Waals surface area (Å²) in [6.07, 6.45) is 0.493. The molecule has 0 radical (unpaired) electrons. The molecule has 0 saturated carbocycles. The third-order valence-electron chi connectivity index (χ3n) is 3.17. The van der Waals surface area contributed by atoms with Crippen LogP contribution < -0.4 is 16.6 Å². The zero-order valence-corrected chi connectivity index (χ0v) is 10.9. The minimum absolute atomic E-state index is 0.0783. The normalized spacial score (nSPS) is 16.8. The quantitative estimate of drug-likeness (QED) is 0.389. The van der Waals surface area contributed by atoms with E-state index in [1.165, 1.54) is 0 Å². The average molecular weight is 266 g/mol. The minimum Gasteiger partial charge on any atom is -0.456 e. The molecule has 7 nitrogen and oxygen atoms in total. The fourth-order valence-electron chi connectivity index (χ4n) is 2.07. The van der Waals surface area contributed by atoms with E-state index in [9.17, 15) is 9.59 Å². The predicted molar refractivity (Wildman–Crippen MR) is 68.0 cm³/mol. The number of rotatable bonds is 3. The second-order valence-electron chi connectivity index (χ2n) is 4.54. The van der Waals surface area contributed by atoms with E-state index in [4.69, 9.17) is 10.3 Å². The van der Waals surface area contributed by atoms with Crippen LogP contribution in [0.25, 0.3) is 0 Å². The molecule has 1 saturated heterocycles. The highest BCUT2D eigenvalue weighted by Crippen LogP contribution is 2.17. The Kier molecular flexibility index (Phi) is 4.18. The summed E-state index contributed by atoms with van der Waals surface area (Å²) in [5, 5.41) is 2.82. The summed E-state index contributed by atoms with van der Waals surface area (Å²) in [5.41, 5.74) is 2.98. The monoisotopic (exact) mass is 266 g/mol. The lowest BCUT2D eigenvalue weighted by Gasteiger charge is -2.18. The van der Waals surface area contributed by atoms with Crippen molar-refractivity contribution in [3.05, 3.63) is 23.2 Å². The molecule has 0 spiro atoms. The maximum absolute atomic E-state index is 11.4. The van der Waals surface area contributed by atoms with Crippen molar-refractivity contribution in [1.82, 2.24) is 15.6 Å². The Hall–Kier alpha value is -1.86. The minimum atomic E-state index is -0.443. The third kappa shape index (κ3) is 3.33. The Morgan fingerprint density at radius 3 is 3.11 bits per heavy atom. The standard InChI is InChI=1S/C12H18N4O3/c1-8-9(6-10(19-8)12(18)15-13)7-16-4-2-11(17)14-3-5-16/h6H,2-5,7,13H2,1H3,(H,14,17)(H,15,18). The molecule has 1 aliphatic heterocycles. The van der Waals surface area contributed by atoms with Crippen molar-refractivity contribution in [3.63, 3.8) is 0 Å². The van der Waals surface area contributed by atoms with E-state index in [2.05, 4.69) is 10.2 Å². The van der Waals surface area contributed by atoms with E-state index in [1.54, 1.807) is 6.07 Å². The molecule has 0 atom stereocenters. The van der Waals surface area contributed by atoms with Crippen LogP contribution >= 0.6 is 0 Å². The van der Waals surface area contributed by atoms with E-state index in [-0.39, 0.29) is 11.7 Å². The van der Waals surface area contributed by atoms with Gasteiger partial charge in [-0.2, -0.15) is 0 Å². The molecule has 7 heteroatoms. The lowest BCUT2D eigenvalue weighted by Crippen LogP contribution is -2.29. The molecule has 1 aliphatic rings. The van der Waals surface area contributed by atoms with Gasteiger partial charge in [0, 0.05) is 38.2 Å². The molecular weight excluding hydrogens is 248 g/mol. The van der Waals surface area contributed by atoms with Crippen LogP contribution in [0.4, 0.5) is 0 Å². The van der Waals surface area contributed by atoms with Crippen LogP contribution in [0.5, 0.6) is 0 Å². The highest BCUT2D eigenvalue weighted by atomic mass is 16.4. The number of nitrogens with two attached hydrogens (primary N) is 1. The summed E-state index contributed by atoms with van der Waals surface area (Å²) in [4.78, 5) is 24.8. The maximum Gasteiger partial charge on any atom is 0.300 e. The number of hydrogen-bond donors (Lipinski definition) is 3. The van der Waals surface area contributed by atoms with Crippen molar-refractivity contribution in [2.24, 2.45) is 5.84 Å². The first-order chi connectivity index (χ1) is 9.10. The van der Waals surface area contributed by atoms with Gasteiger partial charge in [0.15, 0.2) is 5.76 Å². The van der Waals surface area contributed by atoms with Crippen LogP contribution in [0, 0.1) is 6.92 Å². The Balaban J connectivity index is 2.04. The Morgan fingerprint density at radius 1 is 1.58 bits per heavy atom. The number of nitrogens with zero attached hydrogens (tertiary/aromatic N) is 1. The molecule has 2 rings (SSSR count). The number of aryl methyl sites for hydroxylation is 1. The van der Waals surface area contributed by atoms with E-state index in [0.29, 0.717) is 31.8 Å². The smallest absolute Gasteiger partial charge is 0.300 e. The number of carbonyl (C=O) groups excluding carboxylic acids is 2. The summed E-state index contributed by atoms with van der Waals surface area (Å²) < 4.78 is 5.36. The topological polar surface area (TPSA) is 101 Å². The summed E-state index contributed by atoms with van der Waals surface area (Å²) >= 11 is 0. The van der Waals surface area contributed by atoms with Gasteiger partial charge in [0.05, 0.1) is 0 Å². The summed E-state index contributed by atoms with van der Waals surface area (Å²) in [7, 11) is 0. The lowest BCUT2D eigenvalue weighted by atomic mass is 10.2. The van der Waals surface area contributed by atoms with Gasteiger partial charge in [-0.3, -0.25) is 19.9 Å². The molecule has 104 valence electrons. The molecular formula is C12H18N4O3. The Bertz CT molecular complexity index is 483. The fraction of sp³-hybridized carbons (Fsp3) is 0.500. The van der Waals surface area contributed by atoms with Gasteiger partial charge in [-0.05, 0) is 13.0 Å². The van der Waals surface area contributed by atoms with Crippen LogP contribution in [-0.4, -0.2) is 36.3 Å². The second kappa shape index (κ2) is 5.85. The summed E-state index contributed by atoms with van der Waals surface area (Å²) in [5.74, 6) is 5.61. The molecule has 2 amide bonds.